The number of benzene rings is 2. The minimum atomic E-state index is -0.563. The number of carbonyl (C=O) groups is 2. The first kappa shape index (κ1) is 24.8. The molecule has 1 aromatic heterocycles. The Labute approximate surface area is 199 Å². The van der Waals surface area contributed by atoms with Gasteiger partial charge in [-0.15, -0.1) is 0 Å². The molecule has 8 heteroatoms. The molecule has 0 unspecified atom stereocenters. The molecular formula is C26H30N2O6. The average Bonchev–Trinajstić information content (AvgIpc) is 3.33. The Bertz CT molecular complexity index is 1080. The van der Waals surface area contributed by atoms with Crippen LogP contribution in [0.15, 0.2) is 53.1 Å². The molecule has 0 fully saturated rings. The summed E-state index contributed by atoms with van der Waals surface area (Å²) in [5.41, 5.74) is 2.50. The van der Waals surface area contributed by atoms with Gasteiger partial charge in [-0.25, -0.2) is 9.78 Å². The van der Waals surface area contributed by atoms with Crippen LogP contribution in [0.4, 0.5) is 0 Å². The van der Waals surface area contributed by atoms with Crippen molar-refractivity contribution >= 4 is 11.9 Å². The molecule has 2 aromatic carbocycles. The number of methoxy groups -OCH3 is 2. The van der Waals surface area contributed by atoms with Crippen molar-refractivity contribution in [1.82, 2.24) is 9.88 Å². The number of ether oxygens (including phenoxy) is 3. The molecule has 0 aliphatic rings. The maximum Gasteiger partial charge on any atom is 0.360 e. The topological polar surface area (TPSA) is 91.1 Å². The Balaban J connectivity index is 1.83. The summed E-state index contributed by atoms with van der Waals surface area (Å²) in [6.07, 6.45) is 2.80. The van der Waals surface area contributed by atoms with Crippen LogP contribution in [-0.2, 0) is 17.7 Å². The van der Waals surface area contributed by atoms with Gasteiger partial charge in [0, 0.05) is 17.7 Å². The van der Waals surface area contributed by atoms with Gasteiger partial charge in [-0.3, -0.25) is 4.79 Å². The monoisotopic (exact) mass is 466 g/mol. The zero-order chi connectivity index (χ0) is 24.5. The smallest absolute Gasteiger partial charge is 0.360 e. The van der Waals surface area contributed by atoms with Gasteiger partial charge in [0.1, 0.15) is 17.8 Å². The molecule has 0 bridgehead atoms. The van der Waals surface area contributed by atoms with Gasteiger partial charge in [0.2, 0.25) is 5.89 Å². The van der Waals surface area contributed by atoms with Crippen molar-refractivity contribution in [2.24, 2.45) is 0 Å². The lowest BCUT2D eigenvalue weighted by Gasteiger charge is -2.22. The van der Waals surface area contributed by atoms with Gasteiger partial charge in [-0.2, -0.15) is 0 Å². The van der Waals surface area contributed by atoms with Gasteiger partial charge in [0.25, 0.3) is 5.91 Å². The number of rotatable bonds is 11. The second kappa shape index (κ2) is 11.9. The first-order valence-corrected chi connectivity index (χ1v) is 11.1. The van der Waals surface area contributed by atoms with Crippen LogP contribution in [-0.4, -0.2) is 49.1 Å². The third-order valence-electron chi connectivity index (χ3n) is 5.39. The Morgan fingerprint density at radius 2 is 1.74 bits per heavy atom. The van der Waals surface area contributed by atoms with E-state index in [4.69, 9.17) is 18.6 Å². The van der Waals surface area contributed by atoms with Crippen molar-refractivity contribution in [2.45, 2.75) is 33.2 Å². The van der Waals surface area contributed by atoms with Gasteiger partial charge < -0.3 is 23.5 Å². The number of carbonyl (C=O) groups excluding carboxylic acids is 2. The van der Waals surface area contributed by atoms with E-state index >= 15 is 0 Å². The predicted molar refractivity (Wildman–Crippen MR) is 126 cm³/mol. The summed E-state index contributed by atoms with van der Waals surface area (Å²) in [6, 6.07) is 13.5. The highest BCUT2D eigenvalue weighted by atomic mass is 16.5. The van der Waals surface area contributed by atoms with Crippen molar-refractivity contribution in [3.63, 3.8) is 0 Å². The summed E-state index contributed by atoms with van der Waals surface area (Å²) in [6.45, 7) is 4.39. The predicted octanol–water partition coefficient (Wildman–Crippen LogP) is 4.45. The van der Waals surface area contributed by atoms with E-state index in [0.29, 0.717) is 23.6 Å². The highest BCUT2D eigenvalue weighted by Crippen LogP contribution is 2.30. The normalized spacial score (nSPS) is 10.6. The molecule has 0 saturated carbocycles. The van der Waals surface area contributed by atoms with E-state index in [1.807, 2.05) is 25.1 Å². The number of amides is 1. The van der Waals surface area contributed by atoms with Crippen LogP contribution in [0.2, 0.25) is 0 Å². The van der Waals surface area contributed by atoms with Crippen molar-refractivity contribution in [3.8, 4) is 11.5 Å². The molecule has 0 aliphatic carbocycles. The van der Waals surface area contributed by atoms with Crippen LogP contribution in [0, 0.1) is 6.92 Å². The third-order valence-corrected chi connectivity index (χ3v) is 5.39. The molecule has 1 heterocycles. The maximum absolute atomic E-state index is 13.5. The molecule has 3 rings (SSSR count). The average molecular weight is 467 g/mol. The van der Waals surface area contributed by atoms with Gasteiger partial charge >= 0.3 is 5.97 Å². The fourth-order valence-electron chi connectivity index (χ4n) is 3.61. The lowest BCUT2D eigenvalue weighted by atomic mass is 10.1. The molecule has 0 N–H and O–H groups in total. The van der Waals surface area contributed by atoms with E-state index in [-0.39, 0.29) is 30.6 Å². The molecule has 0 spiro atoms. The van der Waals surface area contributed by atoms with Gasteiger partial charge in [-0.05, 0) is 44.4 Å². The lowest BCUT2D eigenvalue weighted by molar-refractivity contribution is 0.0519. The fraction of sp³-hybridized carbons (Fsp3) is 0.346. The number of nitrogens with zero attached hydrogens (tertiary/aromatic N) is 2. The number of hydrogen-bond acceptors (Lipinski definition) is 7. The Morgan fingerprint density at radius 1 is 1.06 bits per heavy atom. The standard InChI is InChI=1S/C26H30N2O6/c1-5-33-26(30)21-17-34-24(27-21)16-28(13-9-12-19-10-7-6-8-11-19)25(29)20-14-22(31-3)18(2)23(15-20)32-4/h6-8,10-11,14-15,17H,5,9,12-13,16H2,1-4H3. The molecule has 3 aromatic rings. The van der Waals surface area contributed by atoms with Crippen molar-refractivity contribution in [1.29, 1.82) is 0 Å². The molecule has 0 saturated heterocycles. The minimum Gasteiger partial charge on any atom is -0.496 e. The Hall–Kier alpha value is -3.81. The number of aryl methyl sites for hydroxylation is 1. The first-order chi connectivity index (χ1) is 16.5. The molecule has 0 aliphatic heterocycles. The van der Waals surface area contributed by atoms with Crippen molar-refractivity contribution < 1.29 is 28.2 Å². The van der Waals surface area contributed by atoms with Crippen LogP contribution >= 0.6 is 0 Å². The number of hydrogen-bond donors (Lipinski definition) is 0. The van der Waals surface area contributed by atoms with E-state index in [1.54, 1.807) is 38.2 Å². The lowest BCUT2D eigenvalue weighted by Crippen LogP contribution is -2.32. The Kier molecular flexibility index (Phi) is 8.67. The summed E-state index contributed by atoms with van der Waals surface area (Å²) < 4.78 is 21.3. The Morgan fingerprint density at radius 3 is 2.35 bits per heavy atom. The molecule has 34 heavy (non-hydrogen) atoms. The van der Waals surface area contributed by atoms with Crippen LogP contribution in [0.5, 0.6) is 11.5 Å². The van der Waals surface area contributed by atoms with E-state index < -0.39 is 5.97 Å². The zero-order valence-corrected chi connectivity index (χ0v) is 20.0. The second-order valence-corrected chi connectivity index (χ2v) is 7.67. The number of esters is 1. The van der Waals surface area contributed by atoms with Gasteiger partial charge in [0.15, 0.2) is 5.69 Å². The summed E-state index contributed by atoms with van der Waals surface area (Å²) in [7, 11) is 3.11. The maximum atomic E-state index is 13.5. The minimum absolute atomic E-state index is 0.0761. The van der Waals surface area contributed by atoms with E-state index in [0.717, 1.165) is 18.4 Å². The van der Waals surface area contributed by atoms with Crippen LogP contribution < -0.4 is 9.47 Å². The van der Waals surface area contributed by atoms with Crippen molar-refractivity contribution in [2.75, 3.05) is 27.4 Å². The van der Waals surface area contributed by atoms with E-state index in [9.17, 15) is 9.59 Å². The van der Waals surface area contributed by atoms with Crippen molar-refractivity contribution in [3.05, 3.63) is 77.0 Å². The van der Waals surface area contributed by atoms with E-state index in [2.05, 4.69) is 17.1 Å². The molecule has 1 amide bonds. The van der Waals surface area contributed by atoms with Crippen LogP contribution in [0.25, 0.3) is 0 Å². The third kappa shape index (κ3) is 6.15. The van der Waals surface area contributed by atoms with Gasteiger partial charge in [-0.1, -0.05) is 30.3 Å². The zero-order valence-electron chi connectivity index (χ0n) is 20.0. The molecule has 0 atom stereocenters. The summed E-state index contributed by atoms with van der Waals surface area (Å²) in [5.74, 6) is 0.593. The quantitative estimate of drug-likeness (QED) is 0.386. The number of oxazole rings is 1. The summed E-state index contributed by atoms with van der Waals surface area (Å²) in [4.78, 5) is 31.3. The van der Waals surface area contributed by atoms with Crippen LogP contribution in [0.3, 0.4) is 0 Å². The first-order valence-electron chi connectivity index (χ1n) is 11.1. The second-order valence-electron chi connectivity index (χ2n) is 7.67. The SMILES string of the molecule is CCOC(=O)c1coc(CN(CCCc2ccccc2)C(=O)c2cc(OC)c(C)c(OC)c2)n1. The number of aromatic nitrogens is 1. The fourth-order valence-corrected chi connectivity index (χ4v) is 3.61. The molecular weight excluding hydrogens is 436 g/mol. The van der Waals surface area contributed by atoms with E-state index in [1.165, 1.54) is 11.8 Å². The highest BCUT2D eigenvalue weighted by molar-refractivity contribution is 5.95. The van der Waals surface area contributed by atoms with Crippen LogP contribution in [0.1, 0.15) is 51.2 Å². The molecule has 8 nitrogen and oxygen atoms in total. The highest BCUT2D eigenvalue weighted by Gasteiger charge is 2.22. The molecule has 180 valence electrons. The van der Waals surface area contributed by atoms with Gasteiger partial charge in [0.05, 0.1) is 27.4 Å². The molecule has 0 radical (unpaired) electrons. The summed E-state index contributed by atoms with van der Waals surface area (Å²) >= 11 is 0. The summed E-state index contributed by atoms with van der Waals surface area (Å²) in [5, 5.41) is 0. The largest absolute Gasteiger partial charge is 0.496 e.